The van der Waals surface area contributed by atoms with Gasteiger partial charge in [-0.05, 0) is 55.3 Å². The first-order chi connectivity index (χ1) is 22.0. The molecule has 0 radical (unpaired) electrons. The molecule has 1 aliphatic carbocycles. The van der Waals surface area contributed by atoms with Crippen molar-refractivity contribution in [1.82, 2.24) is 25.8 Å². The van der Waals surface area contributed by atoms with E-state index >= 15 is 0 Å². The molecule has 2 saturated heterocycles. The maximum atomic E-state index is 14.0. The highest BCUT2D eigenvalue weighted by Crippen LogP contribution is 2.31. The van der Waals surface area contributed by atoms with Gasteiger partial charge in [-0.25, -0.2) is 4.79 Å². The third-order valence-electron chi connectivity index (χ3n) is 8.95. The average molecular weight is 665 g/mol. The second kappa shape index (κ2) is 19.0. The van der Waals surface area contributed by atoms with E-state index in [-0.39, 0.29) is 11.8 Å². The lowest BCUT2D eigenvalue weighted by molar-refractivity contribution is -0.143. The normalized spacial score (nSPS) is 20.1. The summed E-state index contributed by atoms with van der Waals surface area (Å²) in [5.74, 6) is -2.77. The van der Waals surface area contributed by atoms with Crippen molar-refractivity contribution in [3.63, 3.8) is 0 Å². The Balaban J connectivity index is 0.00000265. The first-order valence-electron chi connectivity index (χ1n) is 17.8. The number of Topliss-reactive ketones (excluding diaryl/α,β-unsaturated/α-hetero) is 1. The highest BCUT2D eigenvalue weighted by Gasteiger charge is 2.44. The van der Waals surface area contributed by atoms with E-state index < -0.39 is 64.5 Å². The van der Waals surface area contributed by atoms with Crippen LogP contribution in [0.3, 0.4) is 0 Å². The first-order valence-corrected chi connectivity index (χ1v) is 17.8. The smallest absolute Gasteiger partial charge is 0.316 e. The molecule has 3 rings (SSSR count). The minimum atomic E-state index is -1.10. The molecular weight excluding hydrogens is 600 g/mol. The number of rotatable bonds is 10. The van der Waals surface area contributed by atoms with Crippen LogP contribution in [-0.4, -0.2) is 89.0 Å². The molecule has 2 unspecified atom stereocenters. The summed E-state index contributed by atoms with van der Waals surface area (Å²) in [4.78, 5) is 81.5. The number of hydrogen-bond donors (Lipinski definition) is 4. The van der Waals surface area contributed by atoms with Crippen LogP contribution in [-0.2, 0) is 24.0 Å². The zero-order valence-electron chi connectivity index (χ0n) is 30.8. The van der Waals surface area contributed by atoms with Gasteiger partial charge in [-0.3, -0.25) is 24.0 Å². The van der Waals surface area contributed by atoms with E-state index in [1.807, 2.05) is 69.2 Å². The molecule has 3 fully saturated rings. The Bertz CT molecular complexity index is 1070. The second-order valence-corrected chi connectivity index (χ2v) is 14.6. The number of carbonyl (C=O) groups is 6. The summed E-state index contributed by atoms with van der Waals surface area (Å²) in [6.45, 7) is 20.7. The summed E-state index contributed by atoms with van der Waals surface area (Å²) in [5.41, 5.74) is 3.97. The molecule has 5 N–H and O–H groups in total. The Morgan fingerprint density at radius 1 is 0.681 bits per heavy atom. The van der Waals surface area contributed by atoms with Gasteiger partial charge in [0.1, 0.15) is 18.1 Å². The molecule has 0 aromatic carbocycles. The topological polar surface area (TPSA) is 171 Å². The molecule has 2 aliphatic heterocycles. The van der Waals surface area contributed by atoms with Crippen LogP contribution in [0.25, 0.3) is 0 Å². The number of amides is 6. The van der Waals surface area contributed by atoms with E-state index in [2.05, 4.69) is 16.0 Å². The van der Waals surface area contributed by atoms with Crippen molar-refractivity contribution >= 4 is 35.4 Å². The Kier molecular flexibility index (Phi) is 16.9. The van der Waals surface area contributed by atoms with Gasteiger partial charge in [0.25, 0.3) is 5.91 Å². The molecule has 270 valence electrons. The van der Waals surface area contributed by atoms with E-state index in [9.17, 15) is 28.8 Å². The molecule has 6 amide bonds. The summed E-state index contributed by atoms with van der Waals surface area (Å²) in [7, 11) is 0. The van der Waals surface area contributed by atoms with Gasteiger partial charge >= 0.3 is 6.03 Å². The number of ketones is 1. The maximum Gasteiger partial charge on any atom is 0.316 e. The SMILES string of the molecule is CC.CC.CC(C)(C)C(NC(=O)N[C@H](C(=O)N1CCCCC1)C(C)(C)C)C(=O)N1CCC[C@H]1C(=O)NC(CC1CCC1)C(=O)C(N)=O. The van der Waals surface area contributed by atoms with E-state index in [1.54, 1.807) is 4.90 Å². The van der Waals surface area contributed by atoms with Crippen molar-refractivity contribution in [2.45, 2.75) is 151 Å². The van der Waals surface area contributed by atoms with Crippen LogP contribution in [0.4, 0.5) is 4.79 Å². The molecule has 12 nitrogen and oxygen atoms in total. The van der Waals surface area contributed by atoms with Crippen LogP contribution in [0.1, 0.15) is 127 Å². The number of likely N-dealkylation sites (tertiary alicyclic amines) is 2. The van der Waals surface area contributed by atoms with Crippen molar-refractivity contribution in [1.29, 1.82) is 0 Å². The predicted molar refractivity (Wildman–Crippen MR) is 184 cm³/mol. The van der Waals surface area contributed by atoms with E-state index in [4.69, 9.17) is 5.73 Å². The number of nitrogens with one attached hydrogen (secondary N) is 3. The molecule has 0 bridgehead atoms. The van der Waals surface area contributed by atoms with Crippen molar-refractivity contribution < 1.29 is 28.8 Å². The van der Waals surface area contributed by atoms with Crippen LogP contribution in [0, 0.1) is 16.7 Å². The monoisotopic (exact) mass is 664 g/mol. The number of nitrogens with zero attached hydrogens (tertiary/aromatic N) is 2. The van der Waals surface area contributed by atoms with Crippen molar-refractivity contribution in [3.05, 3.63) is 0 Å². The van der Waals surface area contributed by atoms with Gasteiger partial charge in [-0.2, -0.15) is 0 Å². The molecule has 2 heterocycles. The molecule has 47 heavy (non-hydrogen) atoms. The van der Waals surface area contributed by atoms with Crippen LogP contribution in [0.15, 0.2) is 0 Å². The summed E-state index contributed by atoms with van der Waals surface area (Å²) in [5, 5.41) is 8.36. The predicted octanol–water partition coefficient (Wildman–Crippen LogP) is 3.90. The van der Waals surface area contributed by atoms with Crippen LogP contribution < -0.4 is 21.7 Å². The fourth-order valence-electron chi connectivity index (χ4n) is 6.10. The summed E-state index contributed by atoms with van der Waals surface area (Å²) in [6, 6.07) is -4.30. The maximum absolute atomic E-state index is 14.0. The zero-order chi connectivity index (χ0) is 36.1. The van der Waals surface area contributed by atoms with Gasteiger partial charge in [0.2, 0.25) is 23.5 Å². The number of piperidine rings is 1. The lowest BCUT2D eigenvalue weighted by atomic mass is 9.80. The first kappa shape index (κ1) is 41.8. The Labute approximate surface area is 283 Å². The fourth-order valence-corrected chi connectivity index (χ4v) is 6.10. The molecule has 12 heteroatoms. The van der Waals surface area contributed by atoms with Crippen LogP contribution >= 0.6 is 0 Å². The minimum absolute atomic E-state index is 0.140. The van der Waals surface area contributed by atoms with Crippen molar-refractivity contribution in [2.75, 3.05) is 19.6 Å². The summed E-state index contributed by atoms with van der Waals surface area (Å²) < 4.78 is 0. The molecule has 1 saturated carbocycles. The molecule has 4 atom stereocenters. The van der Waals surface area contributed by atoms with Gasteiger partial charge in [0, 0.05) is 19.6 Å². The number of carbonyl (C=O) groups excluding carboxylic acids is 6. The van der Waals surface area contributed by atoms with Crippen molar-refractivity contribution in [2.24, 2.45) is 22.5 Å². The van der Waals surface area contributed by atoms with E-state index in [0.717, 1.165) is 38.5 Å². The number of urea groups is 1. The minimum Gasteiger partial charge on any atom is -0.363 e. The average Bonchev–Trinajstić information content (AvgIpc) is 3.50. The molecule has 3 aliphatic rings. The molecular formula is C35H64N6O6. The standard InChI is InChI=1S/C31H52N6O6.2C2H6/c1-30(2,3)23(27(41)36-15-8-7-9-16-36)34-29(43)35-24(31(4,5)6)28(42)37-17-11-14-21(37)26(40)33-20(22(38)25(32)39)18-19-12-10-13-19;2*1-2/h19-21,23-24H,7-18H2,1-6H3,(H2,32,39)(H,33,40)(H2,34,35,43);2*1-2H3/t20?,21-,23+,24?;;/m0../s1. The van der Waals surface area contributed by atoms with Gasteiger partial charge in [-0.1, -0.05) is 88.5 Å². The van der Waals surface area contributed by atoms with Gasteiger partial charge in [0.05, 0.1) is 6.04 Å². The second-order valence-electron chi connectivity index (χ2n) is 14.6. The van der Waals surface area contributed by atoms with Gasteiger partial charge in [-0.15, -0.1) is 0 Å². The number of hydrogen-bond acceptors (Lipinski definition) is 6. The Morgan fingerprint density at radius 3 is 1.64 bits per heavy atom. The third-order valence-corrected chi connectivity index (χ3v) is 8.95. The Morgan fingerprint density at radius 2 is 1.19 bits per heavy atom. The zero-order valence-corrected chi connectivity index (χ0v) is 30.8. The van der Waals surface area contributed by atoms with E-state index in [0.29, 0.717) is 38.9 Å². The van der Waals surface area contributed by atoms with E-state index in [1.165, 1.54) is 4.90 Å². The lowest BCUT2D eigenvalue weighted by Crippen LogP contribution is -2.62. The van der Waals surface area contributed by atoms with Crippen LogP contribution in [0.2, 0.25) is 0 Å². The van der Waals surface area contributed by atoms with Crippen LogP contribution in [0.5, 0.6) is 0 Å². The molecule has 0 spiro atoms. The molecule has 0 aromatic rings. The number of primary amides is 1. The van der Waals surface area contributed by atoms with Crippen molar-refractivity contribution in [3.8, 4) is 0 Å². The fraction of sp³-hybridized carbons (Fsp3) is 0.829. The Hall–Kier alpha value is -3.18. The third kappa shape index (κ3) is 12.1. The molecule has 0 aromatic heterocycles. The largest absolute Gasteiger partial charge is 0.363 e. The summed E-state index contributed by atoms with van der Waals surface area (Å²) in [6.07, 6.45) is 7.12. The highest BCUT2D eigenvalue weighted by molar-refractivity contribution is 6.37. The van der Waals surface area contributed by atoms with Gasteiger partial charge in [0.15, 0.2) is 0 Å². The quantitative estimate of drug-likeness (QED) is 0.258. The number of nitrogens with two attached hydrogens (primary N) is 1. The highest BCUT2D eigenvalue weighted by atomic mass is 16.2. The van der Waals surface area contributed by atoms with Gasteiger partial charge < -0.3 is 31.5 Å². The summed E-state index contributed by atoms with van der Waals surface area (Å²) >= 11 is 0. The lowest BCUT2D eigenvalue weighted by Gasteiger charge is -2.38.